The van der Waals surface area contributed by atoms with Crippen molar-refractivity contribution in [2.75, 3.05) is 18.5 Å². The Bertz CT molecular complexity index is 540. The number of halogens is 2. The number of anilines is 1. The standard InChI is InChI=1S/C15H18F2N2O.H2/c1-19(13-6-5-10(16)7-12(13)17)15(20)14-11-4-2-3-9(11)8-18-14;/h5-7,9,11,14,18H,2-4,8H2,1H3;1H/t9-,11-,14-;/m0./s1. The van der Waals surface area contributed by atoms with Crippen LogP contribution in [0.25, 0.3) is 0 Å². The molecule has 1 aromatic rings. The number of rotatable bonds is 2. The van der Waals surface area contributed by atoms with Crippen molar-refractivity contribution in [2.45, 2.75) is 25.3 Å². The third-order valence-electron chi connectivity index (χ3n) is 4.61. The average Bonchev–Trinajstić information content (AvgIpc) is 2.99. The first kappa shape index (κ1) is 13.5. The van der Waals surface area contributed by atoms with Crippen molar-refractivity contribution in [2.24, 2.45) is 11.8 Å². The number of carbonyl (C=O) groups excluding carboxylic acids is 1. The molecule has 2 aliphatic rings. The van der Waals surface area contributed by atoms with Gasteiger partial charge in [0.05, 0.1) is 11.7 Å². The molecule has 3 rings (SSSR count). The normalized spacial score (nSPS) is 28.4. The van der Waals surface area contributed by atoms with Crippen LogP contribution in [0.1, 0.15) is 20.7 Å². The molecule has 1 aliphatic carbocycles. The largest absolute Gasteiger partial charge is 0.311 e. The predicted molar refractivity (Wildman–Crippen MR) is 74.5 cm³/mol. The summed E-state index contributed by atoms with van der Waals surface area (Å²) in [6, 6.07) is 3.04. The minimum atomic E-state index is -0.707. The Labute approximate surface area is 118 Å². The van der Waals surface area contributed by atoms with Crippen molar-refractivity contribution in [1.82, 2.24) is 5.32 Å². The third-order valence-corrected chi connectivity index (χ3v) is 4.61. The van der Waals surface area contributed by atoms with Gasteiger partial charge in [0.2, 0.25) is 5.91 Å². The van der Waals surface area contributed by atoms with Crippen LogP contribution >= 0.6 is 0 Å². The van der Waals surface area contributed by atoms with Crippen LogP contribution in [0, 0.1) is 23.5 Å². The molecule has 1 aliphatic heterocycles. The summed E-state index contributed by atoms with van der Waals surface area (Å²) in [6.45, 7) is 0.862. The molecular weight excluding hydrogens is 262 g/mol. The molecule has 2 fully saturated rings. The van der Waals surface area contributed by atoms with Crippen LogP contribution in [-0.2, 0) is 4.79 Å². The number of likely N-dealkylation sites (N-methyl/N-ethyl adjacent to an activating group) is 1. The molecule has 1 heterocycles. The summed E-state index contributed by atoms with van der Waals surface area (Å²) >= 11 is 0. The SMILES string of the molecule is CN(C(=O)[C@H]1NC[C@@H]2CCC[C@@H]21)c1ccc(F)cc1F.[HH]. The molecule has 1 saturated heterocycles. The first-order chi connectivity index (χ1) is 9.58. The minimum Gasteiger partial charge on any atom is -0.311 e. The molecule has 1 aromatic carbocycles. The first-order valence-electron chi connectivity index (χ1n) is 7.04. The van der Waals surface area contributed by atoms with E-state index in [9.17, 15) is 13.6 Å². The molecule has 5 heteroatoms. The molecule has 0 spiro atoms. The number of amides is 1. The van der Waals surface area contributed by atoms with Crippen LogP contribution in [0.2, 0.25) is 0 Å². The van der Waals surface area contributed by atoms with Crippen molar-refractivity contribution < 1.29 is 15.0 Å². The Morgan fingerprint density at radius 1 is 1.40 bits per heavy atom. The molecule has 110 valence electrons. The van der Waals surface area contributed by atoms with Gasteiger partial charge in [-0.1, -0.05) is 6.42 Å². The van der Waals surface area contributed by atoms with Gasteiger partial charge in [-0.2, -0.15) is 0 Å². The smallest absolute Gasteiger partial charge is 0.244 e. The van der Waals surface area contributed by atoms with Crippen molar-refractivity contribution >= 4 is 11.6 Å². The topological polar surface area (TPSA) is 32.3 Å². The van der Waals surface area contributed by atoms with E-state index in [1.54, 1.807) is 7.05 Å². The van der Waals surface area contributed by atoms with E-state index >= 15 is 0 Å². The highest BCUT2D eigenvalue weighted by atomic mass is 19.1. The predicted octanol–water partition coefficient (Wildman–Crippen LogP) is 2.56. The Balaban J connectivity index is 0.00000161. The zero-order chi connectivity index (χ0) is 14.3. The monoisotopic (exact) mass is 282 g/mol. The van der Waals surface area contributed by atoms with Crippen molar-refractivity contribution in [3.63, 3.8) is 0 Å². The van der Waals surface area contributed by atoms with E-state index in [1.807, 2.05) is 0 Å². The summed E-state index contributed by atoms with van der Waals surface area (Å²) in [5.74, 6) is -0.558. The van der Waals surface area contributed by atoms with Gasteiger partial charge >= 0.3 is 0 Å². The van der Waals surface area contributed by atoms with Gasteiger partial charge < -0.3 is 10.2 Å². The molecule has 1 N–H and O–H groups in total. The molecular formula is C15H20F2N2O. The second-order valence-corrected chi connectivity index (χ2v) is 5.73. The fourth-order valence-corrected chi connectivity index (χ4v) is 3.54. The molecule has 1 amide bonds. The van der Waals surface area contributed by atoms with Crippen LogP contribution in [0.5, 0.6) is 0 Å². The third kappa shape index (κ3) is 2.20. The van der Waals surface area contributed by atoms with E-state index in [1.165, 1.54) is 17.0 Å². The Kier molecular flexibility index (Phi) is 3.46. The summed E-state index contributed by atoms with van der Waals surface area (Å²) in [4.78, 5) is 13.8. The Hall–Kier alpha value is -1.49. The van der Waals surface area contributed by atoms with Gasteiger partial charge in [-0.15, -0.1) is 0 Å². The fraction of sp³-hybridized carbons (Fsp3) is 0.533. The van der Waals surface area contributed by atoms with Gasteiger partial charge in [-0.05, 0) is 43.4 Å². The van der Waals surface area contributed by atoms with E-state index in [4.69, 9.17) is 0 Å². The van der Waals surface area contributed by atoms with Gasteiger partial charge in [0, 0.05) is 14.5 Å². The molecule has 3 nitrogen and oxygen atoms in total. The minimum absolute atomic E-state index is 0. The van der Waals surface area contributed by atoms with E-state index in [0.717, 1.165) is 31.9 Å². The summed E-state index contributed by atoms with van der Waals surface area (Å²) in [6.07, 6.45) is 3.37. The highest BCUT2D eigenvalue weighted by Crippen LogP contribution is 2.38. The van der Waals surface area contributed by atoms with Crippen LogP contribution in [0.15, 0.2) is 18.2 Å². The second kappa shape index (κ2) is 5.13. The van der Waals surface area contributed by atoms with Crippen LogP contribution in [0.4, 0.5) is 14.5 Å². The highest BCUT2D eigenvalue weighted by Gasteiger charge is 2.43. The molecule has 1 saturated carbocycles. The zero-order valence-corrected chi connectivity index (χ0v) is 11.4. The number of benzene rings is 1. The lowest BCUT2D eigenvalue weighted by atomic mass is 9.93. The maximum Gasteiger partial charge on any atom is 0.244 e. The summed E-state index contributed by atoms with van der Waals surface area (Å²) in [5, 5.41) is 3.25. The summed E-state index contributed by atoms with van der Waals surface area (Å²) in [7, 11) is 1.54. The molecule has 0 radical (unpaired) electrons. The number of fused-ring (bicyclic) bond motifs is 1. The lowest BCUT2D eigenvalue weighted by molar-refractivity contribution is -0.121. The molecule has 3 atom stereocenters. The number of nitrogens with zero attached hydrogens (tertiary/aromatic N) is 1. The first-order valence-corrected chi connectivity index (χ1v) is 7.04. The maximum absolute atomic E-state index is 13.8. The summed E-state index contributed by atoms with van der Waals surface area (Å²) < 4.78 is 26.7. The lowest BCUT2D eigenvalue weighted by Gasteiger charge is -2.25. The number of nitrogens with one attached hydrogen (secondary N) is 1. The lowest BCUT2D eigenvalue weighted by Crippen LogP contribution is -2.45. The maximum atomic E-state index is 13.8. The summed E-state index contributed by atoms with van der Waals surface area (Å²) in [5.41, 5.74) is 0.125. The second-order valence-electron chi connectivity index (χ2n) is 5.73. The van der Waals surface area contributed by atoms with Gasteiger partial charge in [0.25, 0.3) is 0 Å². The van der Waals surface area contributed by atoms with Gasteiger partial charge in [0.1, 0.15) is 11.6 Å². The average molecular weight is 282 g/mol. The number of hydrogen-bond acceptors (Lipinski definition) is 2. The quantitative estimate of drug-likeness (QED) is 0.904. The van der Waals surface area contributed by atoms with Crippen LogP contribution < -0.4 is 10.2 Å². The molecule has 20 heavy (non-hydrogen) atoms. The fourth-order valence-electron chi connectivity index (χ4n) is 3.54. The zero-order valence-electron chi connectivity index (χ0n) is 11.4. The Morgan fingerprint density at radius 3 is 2.95 bits per heavy atom. The van der Waals surface area contributed by atoms with Crippen molar-refractivity contribution in [3.05, 3.63) is 29.8 Å². The van der Waals surface area contributed by atoms with E-state index in [0.29, 0.717) is 11.8 Å². The van der Waals surface area contributed by atoms with Crippen molar-refractivity contribution in [3.8, 4) is 0 Å². The van der Waals surface area contributed by atoms with Gasteiger partial charge in [-0.25, -0.2) is 8.78 Å². The van der Waals surface area contributed by atoms with Gasteiger partial charge in [0.15, 0.2) is 0 Å². The van der Waals surface area contributed by atoms with E-state index in [-0.39, 0.29) is 19.1 Å². The van der Waals surface area contributed by atoms with E-state index < -0.39 is 11.6 Å². The molecule has 0 aromatic heterocycles. The van der Waals surface area contributed by atoms with Crippen LogP contribution in [-0.4, -0.2) is 25.5 Å². The number of hydrogen-bond donors (Lipinski definition) is 1. The molecule has 0 bridgehead atoms. The highest BCUT2D eigenvalue weighted by molar-refractivity contribution is 5.97. The molecule has 0 unspecified atom stereocenters. The van der Waals surface area contributed by atoms with Crippen molar-refractivity contribution in [1.29, 1.82) is 0 Å². The van der Waals surface area contributed by atoms with E-state index in [2.05, 4.69) is 5.32 Å². The number of carbonyl (C=O) groups is 1. The van der Waals surface area contributed by atoms with Gasteiger partial charge in [-0.3, -0.25) is 4.79 Å². The Morgan fingerprint density at radius 2 is 2.20 bits per heavy atom. The van der Waals surface area contributed by atoms with Crippen LogP contribution in [0.3, 0.4) is 0 Å².